The third kappa shape index (κ3) is 3.35. The second-order valence-electron chi connectivity index (χ2n) is 6.51. The number of aryl methyl sites for hydroxylation is 2. The number of urea groups is 1. The van der Waals surface area contributed by atoms with Crippen molar-refractivity contribution in [3.05, 3.63) is 51.2 Å². The molecule has 3 rings (SSSR count). The van der Waals surface area contributed by atoms with Gasteiger partial charge in [0.1, 0.15) is 5.54 Å². The van der Waals surface area contributed by atoms with Crippen molar-refractivity contribution >= 4 is 34.9 Å². The van der Waals surface area contributed by atoms with Gasteiger partial charge in [-0.15, -0.1) is 11.3 Å². The Bertz CT molecular complexity index is 890. The van der Waals surface area contributed by atoms with Crippen LogP contribution in [0.15, 0.2) is 30.3 Å². The van der Waals surface area contributed by atoms with Gasteiger partial charge in [0.15, 0.2) is 0 Å². The number of benzene rings is 1. The summed E-state index contributed by atoms with van der Waals surface area (Å²) in [5, 5.41) is 7.74. The number of rotatable bonds is 5. The van der Waals surface area contributed by atoms with Crippen molar-refractivity contribution in [3.63, 3.8) is 0 Å². The van der Waals surface area contributed by atoms with Crippen molar-refractivity contribution < 1.29 is 14.4 Å². The van der Waals surface area contributed by atoms with E-state index in [9.17, 15) is 14.4 Å². The average Bonchev–Trinajstić information content (AvgIpc) is 3.08. The second-order valence-corrected chi connectivity index (χ2v) is 7.77. The number of amides is 4. The molecule has 3 N–H and O–H groups in total. The van der Waals surface area contributed by atoms with Crippen molar-refractivity contribution in [2.24, 2.45) is 0 Å². The highest BCUT2D eigenvalue weighted by Gasteiger charge is 2.43. The first-order chi connectivity index (χ1) is 12.3. The highest BCUT2D eigenvalue weighted by Crippen LogP contribution is 2.28. The minimum Gasteiger partial charge on any atom is -0.321 e. The molecule has 0 aliphatic carbocycles. The van der Waals surface area contributed by atoms with Crippen LogP contribution in [0, 0.1) is 6.92 Å². The third-order valence-corrected chi connectivity index (χ3v) is 5.60. The summed E-state index contributed by atoms with van der Waals surface area (Å²) in [4.78, 5) is 37.9. The summed E-state index contributed by atoms with van der Waals surface area (Å²) in [6.07, 6.45) is 1.99. The van der Waals surface area contributed by atoms with Gasteiger partial charge in [-0.25, -0.2) is 4.79 Å². The number of hydrogen-bond donors (Lipinski definition) is 3. The Morgan fingerprint density at radius 3 is 2.69 bits per heavy atom. The second kappa shape index (κ2) is 6.92. The Labute approximate surface area is 156 Å². The Kier molecular flexibility index (Phi) is 4.82. The topological polar surface area (TPSA) is 87.3 Å². The van der Waals surface area contributed by atoms with Crippen LogP contribution < -0.4 is 16.0 Å². The van der Waals surface area contributed by atoms with E-state index in [0.717, 1.165) is 17.7 Å². The summed E-state index contributed by atoms with van der Waals surface area (Å²) in [5.74, 6) is -0.591. The van der Waals surface area contributed by atoms with E-state index in [1.54, 1.807) is 31.2 Å². The molecule has 0 spiro atoms. The number of imide groups is 1. The molecule has 1 aromatic carbocycles. The molecular formula is C19H21N3O3S. The van der Waals surface area contributed by atoms with E-state index in [0.29, 0.717) is 16.1 Å². The fourth-order valence-corrected chi connectivity index (χ4v) is 3.96. The van der Waals surface area contributed by atoms with Crippen LogP contribution in [0.25, 0.3) is 0 Å². The minimum atomic E-state index is -1.15. The molecule has 26 heavy (non-hydrogen) atoms. The number of carbonyl (C=O) groups is 3. The van der Waals surface area contributed by atoms with Crippen LogP contribution in [-0.4, -0.2) is 17.8 Å². The van der Waals surface area contributed by atoms with Gasteiger partial charge in [-0.3, -0.25) is 14.9 Å². The lowest BCUT2D eigenvalue weighted by molar-refractivity contribution is -0.123. The van der Waals surface area contributed by atoms with E-state index >= 15 is 0 Å². The lowest BCUT2D eigenvalue weighted by Gasteiger charge is -2.21. The summed E-state index contributed by atoms with van der Waals surface area (Å²) in [6, 6.07) is 8.37. The zero-order chi connectivity index (χ0) is 18.9. The van der Waals surface area contributed by atoms with E-state index in [1.165, 1.54) is 16.9 Å². The summed E-state index contributed by atoms with van der Waals surface area (Å²) in [5.41, 5.74) is 1.23. The third-order valence-electron chi connectivity index (χ3n) is 4.51. The summed E-state index contributed by atoms with van der Waals surface area (Å²) >= 11 is 1.48. The Morgan fingerprint density at radius 1 is 1.27 bits per heavy atom. The minimum absolute atomic E-state index is 0.178. The maximum Gasteiger partial charge on any atom is 0.322 e. The van der Waals surface area contributed by atoms with Crippen molar-refractivity contribution in [1.29, 1.82) is 0 Å². The van der Waals surface area contributed by atoms with Gasteiger partial charge in [0, 0.05) is 10.6 Å². The zero-order valence-electron chi connectivity index (χ0n) is 14.9. The molecule has 0 saturated carbocycles. The first kappa shape index (κ1) is 18.1. The number of carbonyl (C=O) groups excluding carboxylic acids is 3. The number of nitrogens with one attached hydrogen (secondary N) is 3. The van der Waals surface area contributed by atoms with Gasteiger partial charge in [-0.2, -0.15) is 0 Å². The molecule has 136 valence electrons. The van der Waals surface area contributed by atoms with Crippen molar-refractivity contribution in [1.82, 2.24) is 10.6 Å². The fourth-order valence-electron chi connectivity index (χ4n) is 3.00. The predicted molar refractivity (Wildman–Crippen MR) is 101 cm³/mol. The Balaban J connectivity index is 1.81. The number of anilines is 1. The largest absolute Gasteiger partial charge is 0.322 e. The maximum absolute atomic E-state index is 12.6. The quantitative estimate of drug-likeness (QED) is 0.705. The molecule has 0 unspecified atom stereocenters. The molecule has 1 aliphatic heterocycles. The molecule has 0 radical (unpaired) electrons. The van der Waals surface area contributed by atoms with E-state index in [2.05, 4.69) is 22.9 Å². The van der Waals surface area contributed by atoms with E-state index < -0.39 is 17.5 Å². The van der Waals surface area contributed by atoms with Crippen molar-refractivity contribution in [2.75, 3.05) is 5.32 Å². The molecule has 4 amide bonds. The smallest absolute Gasteiger partial charge is 0.321 e. The van der Waals surface area contributed by atoms with Gasteiger partial charge in [-0.05, 0) is 49.6 Å². The highest BCUT2D eigenvalue weighted by atomic mass is 32.1. The molecule has 1 fully saturated rings. The molecule has 2 heterocycles. The molecule has 6 nitrogen and oxygen atoms in total. The molecular weight excluding hydrogens is 350 g/mol. The van der Waals surface area contributed by atoms with Crippen LogP contribution in [0.2, 0.25) is 0 Å². The van der Waals surface area contributed by atoms with Crippen LogP contribution in [-0.2, 0) is 16.8 Å². The first-order valence-corrected chi connectivity index (χ1v) is 9.30. The fraction of sp³-hybridized carbons (Fsp3) is 0.316. The summed E-state index contributed by atoms with van der Waals surface area (Å²) < 4.78 is 0. The maximum atomic E-state index is 12.6. The Morgan fingerprint density at radius 2 is 2.04 bits per heavy atom. The van der Waals surface area contributed by atoms with Crippen molar-refractivity contribution in [2.45, 2.75) is 39.2 Å². The van der Waals surface area contributed by atoms with Crippen LogP contribution in [0.1, 0.15) is 45.9 Å². The lowest BCUT2D eigenvalue weighted by atomic mass is 9.92. The Hall–Kier alpha value is -2.67. The van der Waals surface area contributed by atoms with E-state index in [-0.39, 0.29) is 5.91 Å². The van der Waals surface area contributed by atoms with Crippen molar-refractivity contribution in [3.8, 4) is 0 Å². The van der Waals surface area contributed by atoms with E-state index in [4.69, 9.17) is 0 Å². The summed E-state index contributed by atoms with van der Waals surface area (Å²) in [6.45, 7) is 5.77. The number of thiophene rings is 1. The standard InChI is InChI=1S/C19H21N3O3S/c1-4-6-12-9-15(26-11(12)2)16(23)20-14-8-5-7-13(10-14)19(3)17(24)21-18(25)22-19/h5,7-10H,4,6H2,1-3H3,(H,20,23)(H2,21,22,24,25)/t19-/m1/s1. The van der Waals surface area contributed by atoms with Crippen LogP contribution in [0.4, 0.5) is 10.5 Å². The molecule has 1 atom stereocenters. The monoisotopic (exact) mass is 371 g/mol. The van der Waals surface area contributed by atoms with Gasteiger partial charge < -0.3 is 10.6 Å². The highest BCUT2D eigenvalue weighted by molar-refractivity contribution is 7.14. The normalized spacial score (nSPS) is 19.2. The summed E-state index contributed by atoms with van der Waals surface area (Å²) in [7, 11) is 0. The van der Waals surface area contributed by atoms with Gasteiger partial charge in [0.05, 0.1) is 4.88 Å². The van der Waals surface area contributed by atoms with Gasteiger partial charge in [0.25, 0.3) is 11.8 Å². The molecule has 7 heteroatoms. The predicted octanol–water partition coefficient (Wildman–Crippen LogP) is 3.32. The van der Waals surface area contributed by atoms with Crippen LogP contribution >= 0.6 is 11.3 Å². The first-order valence-electron chi connectivity index (χ1n) is 8.48. The molecule has 1 saturated heterocycles. The lowest BCUT2D eigenvalue weighted by Crippen LogP contribution is -2.40. The molecule has 1 aromatic heterocycles. The molecule has 2 aromatic rings. The van der Waals surface area contributed by atoms with Gasteiger partial charge in [-0.1, -0.05) is 25.5 Å². The SMILES string of the molecule is CCCc1cc(C(=O)Nc2cccc([C@@]3(C)NC(=O)NC3=O)c2)sc1C. The van der Waals surface area contributed by atoms with Crippen LogP contribution in [0.5, 0.6) is 0 Å². The number of hydrogen-bond acceptors (Lipinski definition) is 4. The van der Waals surface area contributed by atoms with Crippen LogP contribution in [0.3, 0.4) is 0 Å². The average molecular weight is 371 g/mol. The zero-order valence-corrected chi connectivity index (χ0v) is 15.8. The van der Waals surface area contributed by atoms with Gasteiger partial charge >= 0.3 is 6.03 Å². The molecule has 0 bridgehead atoms. The molecule has 1 aliphatic rings. The van der Waals surface area contributed by atoms with E-state index in [1.807, 2.05) is 13.0 Å². The van der Waals surface area contributed by atoms with Gasteiger partial charge in [0.2, 0.25) is 0 Å².